The summed E-state index contributed by atoms with van der Waals surface area (Å²) in [5.74, 6) is 1.01. The van der Waals surface area contributed by atoms with E-state index in [0.717, 1.165) is 25.2 Å². The standard InChI is InChI=1S/C21H23N5O4/c22-20(28)16-5-3-15(4-6-16)14-25-9-11-26(12-10-25)19(27)8-7-18-23-21(24-30-18)17-2-1-13-29-17/h1-6,13H,7-12,14H2,(H2,22,28). The second-order valence-corrected chi connectivity index (χ2v) is 7.21. The van der Waals surface area contributed by atoms with Crippen molar-refractivity contribution in [2.75, 3.05) is 26.2 Å². The Balaban J connectivity index is 1.22. The molecule has 2 aromatic heterocycles. The molecule has 1 saturated heterocycles. The largest absolute Gasteiger partial charge is 0.461 e. The third-order valence-corrected chi connectivity index (χ3v) is 5.13. The van der Waals surface area contributed by atoms with Crippen molar-refractivity contribution in [1.29, 1.82) is 0 Å². The van der Waals surface area contributed by atoms with Crippen molar-refractivity contribution in [2.45, 2.75) is 19.4 Å². The van der Waals surface area contributed by atoms with E-state index in [9.17, 15) is 9.59 Å². The molecule has 0 bridgehead atoms. The highest BCUT2D eigenvalue weighted by Gasteiger charge is 2.22. The molecule has 0 saturated carbocycles. The molecular weight excluding hydrogens is 386 g/mol. The van der Waals surface area contributed by atoms with Crippen molar-refractivity contribution in [2.24, 2.45) is 5.73 Å². The minimum Gasteiger partial charge on any atom is -0.461 e. The van der Waals surface area contributed by atoms with Crippen molar-refractivity contribution >= 4 is 11.8 Å². The van der Waals surface area contributed by atoms with Crippen LogP contribution in [0, 0.1) is 0 Å². The maximum atomic E-state index is 12.5. The molecule has 3 heterocycles. The van der Waals surface area contributed by atoms with Gasteiger partial charge in [-0.25, -0.2) is 0 Å². The number of carbonyl (C=O) groups is 2. The van der Waals surface area contributed by atoms with Gasteiger partial charge in [-0.15, -0.1) is 0 Å². The number of hydrogen-bond acceptors (Lipinski definition) is 7. The zero-order chi connectivity index (χ0) is 20.9. The average Bonchev–Trinajstić information content (AvgIpc) is 3.45. The monoisotopic (exact) mass is 409 g/mol. The zero-order valence-electron chi connectivity index (χ0n) is 16.5. The number of hydrogen-bond donors (Lipinski definition) is 1. The Morgan fingerprint density at radius 1 is 1.07 bits per heavy atom. The van der Waals surface area contributed by atoms with Crippen LogP contribution in [0.25, 0.3) is 11.6 Å². The Hall–Kier alpha value is -3.46. The molecule has 3 aromatic rings. The molecule has 9 heteroatoms. The molecule has 2 amide bonds. The van der Waals surface area contributed by atoms with Gasteiger partial charge >= 0.3 is 0 Å². The molecule has 0 aliphatic carbocycles. The lowest BCUT2D eigenvalue weighted by Gasteiger charge is -2.34. The van der Waals surface area contributed by atoms with Crippen molar-refractivity contribution in [3.8, 4) is 11.6 Å². The number of carbonyl (C=O) groups excluding carboxylic acids is 2. The lowest BCUT2D eigenvalue weighted by atomic mass is 10.1. The molecule has 1 aliphatic rings. The van der Waals surface area contributed by atoms with Gasteiger partial charge in [-0.3, -0.25) is 14.5 Å². The second kappa shape index (κ2) is 8.91. The van der Waals surface area contributed by atoms with Crippen molar-refractivity contribution in [3.05, 3.63) is 59.7 Å². The Kier molecular flexibility index (Phi) is 5.89. The van der Waals surface area contributed by atoms with Crippen molar-refractivity contribution in [1.82, 2.24) is 19.9 Å². The normalized spacial score (nSPS) is 14.7. The number of amides is 2. The summed E-state index contributed by atoms with van der Waals surface area (Å²) in [6, 6.07) is 10.8. The van der Waals surface area contributed by atoms with Gasteiger partial charge in [0.15, 0.2) is 5.76 Å². The SMILES string of the molecule is NC(=O)c1ccc(CN2CCN(C(=O)CCc3nc(-c4ccco4)no3)CC2)cc1. The van der Waals surface area contributed by atoms with Gasteiger partial charge in [0.05, 0.1) is 6.26 Å². The van der Waals surface area contributed by atoms with Crippen LogP contribution >= 0.6 is 0 Å². The van der Waals surface area contributed by atoms with Crippen LogP contribution in [0.3, 0.4) is 0 Å². The van der Waals surface area contributed by atoms with Crippen LogP contribution in [-0.2, 0) is 17.8 Å². The second-order valence-electron chi connectivity index (χ2n) is 7.21. The molecule has 0 atom stereocenters. The van der Waals surface area contributed by atoms with Crippen LogP contribution in [0.1, 0.15) is 28.2 Å². The van der Waals surface area contributed by atoms with Gasteiger partial charge in [0.25, 0.3) is 0 Å². The van der Waals surface area contributed by atoms with Gasteiger partial charge in [0, 0.05) is 51.1 Å². The molecule has 1 aromatic carbocycles. The van der Waals surface area contributed by atoms with Crippen LogP contribution in [0.2, 0.25) is 0 Å². The van der Waals surface area contributed by atoms with Crippen molar-refractivity contribution < 1.29 is 18.5 Å². The fraction of sp³-hybridized carbons (Fsp3) is 0.333. The topological polar surface area (TPSA) is 119 Å². The Bertz CT molecular complexity index is 989. The van der Waals surface area contributed by atoms with Gasteiger partial charge in [0.1, 0.15) is 0 Å². The summed E-state index contributed by atoms with van der Waals surface area (Å²) in [5, 5.41) is 3.88. The van der Waals surface area contributed by atoms with Gasteiger partial charge in [-0.2, -0.15) is 4.98 Å². The number of rotatable bonds is 7. The lowest BCUT2D eigenvalue weighted by molar-refractivity contribution is -0.133. The fourth-order valence-electron chi connectivity index (χ4n) is 3.42. The summed E-state index contributed by atoms with van der Waals surface area (Å²) >= 11 is 0. The molecule has 1 fully saturated rings. The van der Waals surface area contributed by atoms with Crippen LogP contribution in [0.15, 0.2) is 51.6 Å². The Morgan fingerprint density at radius 2 is 1.83 bits per heavy atom. The summed E-state index contributed by atoms with van der Waals surface area (Å²) in [6.45, 7) is 3.73. The van der Waals surface area contributed by atoms with Gasteiger partial charge in [0.2, 0.25) is 23.5 Å². The quantitative estimate of drug-likeness (QED) is 0.631. The summed E-state index contributed by atoms with van der Waals surface area (Å²) < 4.78 is 10.4. The first-order valence-corrected chi connectivity index (χ1v) is 9.84. The highest BCUT2D eigenvalue weighted by Crippen LogP contribution is 2.17. The number of furan rings is 1. The molecule has 2 N–H and O–H groups in total. The highest BCUT2D eigenvalue weighted by molar-refractivity contribution is 5.92. The number of aromatic nitrogens is 2. The van der Waals surface area contributed by atoms with E-state index in [-0.39, 0.29) is 5.91 Å². The number of nitrogens with two attached hydrogens (primary N) is 1. The van der Waals surface area contributed by atoms with E-state index in [4.69, 9.17) is 14.7 Å². The number of aryl methyl sites for hydroxylation is 1. The highest BCUT2D eigenvalue weighted by atomic mass is 16.5. The average molecular weight is 409 g/mol. The van der Waals surface area contributed by atoms with E-state index in [0.29, 0.717) is 49.0 Å². The van der Waals surface area contributed by atoms with Gasteiger partial charge in [-0.05, 0) is 29.8 Å². The Morgan fingerprint density at radius 3 is 2.50 bits per heavy atom. The van der Waals surface area contributed by atoms with Crippen LogP contribution in [-0.4, -0.2) is 57.9 Å². The maximum Gasteiger partial charge on any atom is 0.248 e. The first kappa shape index (κ1) is 19.8. The first-order chi connectivity index (χ1) is 14.6. The van der Waals surface area contributed by atoms with E-state index in [1.165, 1.54) is 0 Å². The molecule has 30 heavy (non-hydrogen) atoms. The van der Waals surface area contributed by atoms with Crippen LogP contribution in [0.4, 0.5) is 0 Å². The third kappa shape index (κ3) is 4.74. The predicted octanol–water partition coefficient (Wildman–Crippen LogP) is 1.71. The number of primary amides is 1. The minimum absolute atomic E-state index is 0.0817. The molecule has 9 nitrogen and oxygen atoms in total. The maximum absolute atomic E-state index is 12.5. The minimum atomic E-state index is -0.425. The van der Waals surface area contributed by atoms with E-state index >= 15 is 0 Å². The summed E-state index contributed by atoms with van der Waals surface area (Å²) in [6.07, 6.45) is 2.28. The van der Waals surface area contributed by atoms with Crippen LogP contribution in [0.5, 0.6) is 0 Å². The zero-order valence-corrected chi connectivity index (χ0v) is 16.5. The molecule has 4 rings (SSSR count). The number of benzene rings is 1. The van der Waals surface area contributed by atoms with E-state index in [1.54, 1.807) is 30.5 Å². The van der Waals surface area contributed by atoms with E-state index in [2.05, 4.69) is 15.0 Å². The molecule has 0 radical (unpaired) electrons. The summed E-state index contributed by atoms with van der Waals surface area (Å²) in [4.78, 5) is 32.1. The van der Waals surface area contributed by atoms with Crippen LogP contribution < -0.4 is 5.73 Å². The summed E-state index contributed by atoms with van der Waals surface area (Å²) in [5.41, 5.74) is 6.89. The molecule has 0 unspecified atom stereocenters. The number of piperazine rings is 1. The number of nitrogens with zero attached hydrogens (tertiary/aromatic N) is 4. The first-order valence-electron chi connectivity index (χ1n) is 9.84. The van der Waals surface area contributed by atoms with Crippen molar-refractivity contribution in [3.63, 3.8) is 0 Å². The lowest BCUT2D eigenvalue weighted by Crippen LogP contribution is -2.48. The van der Waals surface area contributed by atoms with E-state index < -0.39 is 5.91 Å². The molecule has 1 aliphatic heterocycles. The molecule has 0 spiro atoms. The summed E-state index contributed by atoms with van der Waals surface area (Å²) in [7, 11) is 0. The fourth-order valence-corrected chi connectivity index (χ4v) is 3.42. The molecular formula is C21H23N5O4. The smallest absolute Gasteiger partial charge is 0.248 e. The third-order valence-electron chi connectivity index (χ3n) is 5.13. The van der Waals surface area contributed by atoms with Gasteiger partial charge < -0.3 is 19.6 Å². The van der Waals surface area contributed by atoms with Gasteiger partial charge in [-0.1, -0.05) is 17.3 Å². The predicted molar refractivity (Wildman–Crippen MR) is 107 cm³/mol. The molecule has 156 valence electrons. The Labute approximate surface area is 173 Å². The van der Waals surface area contributed by atoms with E-state index in [1.807, 2.05) is 17.0 Å².